The van der Waals surface area contributed by atoms with Crippen molar-refractivity contribution in [2.45, 2.75) is 6.92 Å². The Balaban J connectivity index is 1.77. The monoisotopic (exact) mass is 408 g/mol. The molecule has 0 bridgehead atoms. The van der Waals surface area contributed by atoms with E-state index in [-0.39, 0.29) is 17.0 Å². The van der Waals surface area contributed by atoms with Gasteiger partial charge in [-0.15, -0.1) is 0 Å². The summed E-state index contributed by atoms with van der Waals surface area (Å²) in [6, 6.07) is 16.8. The molecule has 0 atom stereocenters. The van der Waals surface area contributed by atoms with Crippen molar-refractivity contribution in [2.75, 3.05) is 0 Å². The first-order chi connectivity index (χ1) is 12.6. The maximum Gasteiger partial charge on any atom is 0.282 e. The Kier molecular flexibility index (Phi) is 4.22. The van der Waals surface area contributed by atoms with Gasteiger partial charge in [-0.05, 0) is 31.2 Å². The standard InChI is InChI=1S/C19H13BrN4O2/c1-12-6-8-13(9-7-12)24-11-10-16(25)17(22-24)19-21-18(23-26-19)14-4-2-3-5-15(14)20/h2-11H,1H3. The van der Waals surface area contributed by atoms with Crippen molar-refractivity contribution in [1.82, 2.24) is 19.9 Å². The Morgan fingerprint density at radius 2 is 1.81 bits per heavy atom. The van der Waals surface area contributed by atoms with Crippen LogP contribution in [-0.2, 0) is 0 Å². The highest BCUT2D eigenvalue weighted by Crippen LogP contribution is 2.26. The fourth-order valence-corrected chi connectivity index (χ4v) is 2.93. The van der Waals surface area contributed by atoms with E-state index in [1.807, 2.05) is 55.5 Å². The van der Waals surface area contributed by atoms with Gasteiger partial charge in [-0.1, -0.05) is 50.9 Å². The number of halogens is 1. The summed E-state index contributed by atoms with van der Waals surface area (Å²) in [7, 11) is 0. The fourth-order valence-electron chi connectivity index (χ4n) is 2.47. The van der Waals surface area contributed by atoms with Crippen LogP contribution in [0.2, 0.25) is 0 Å². The van der Waals surface area contributed by atoms with Gasteiger partial charge in [0.25, 0.3) is 5.89 Å². The molecule has 4 rings (SSSR count). The Morgan fingerprint density at radius 1 is 1.04 bits per heavy atom. The molecule has 0 saturated heterocycles. The smallest absolute Gasteiger partial charge is 0.282 e. The number of hydrogen-bond donors (Lipinski definition) is 0. The molecule has 7 heteroatoms. The second-order valence-corrected chi connectivity index (χ2v) is 6.57. The molecule has 2 aromatic carbocycles. The molecule has 0 radical (unpaired) electrons. The molecule has 0 aliphatic rings. The van der Waals surface area contributed by atoms with Crippen LogP contribution in [0.25, 0.3) is 28.7 Å². The molecule has 0 aliphatic carbocycles. The Hall–Kier alpha value is -3.06. The van der Waals surface area contributed by atoms with Crippen LogP contribution in [0.1, 0.15) is 5.56 Å². The van der Waals surface area contributed by atoms with Crippen molar-refractivity contribution in [2.24, 2.45) is 0 Å². The molecule has 0 aliphatic heterocycles. The van der Waals surface area contributed by atoms with Crippen molar-refractivity contribution in [3.8, 4) is 28.7 Å². The molecule has 0 amide bonds. The molecular formula is C19H13BrN4O2. The highest BCUT2D eigenvalue weighted by Gasteiger charge is 2.17. The number of hydrogen-bond acceptors (Lipinski definition) is 5. The minimum atomic E-state index is -0.282. The molecule has 2 aromatic heterocycles. The van der Waals surface area contributed by atoms with Crippen LogP contribution in [0.3, 0.4) is 0 Å². The molecule has 0 N–H and O–H groups in total. The van der Waals surface area contributed by atoms with E-state index in [0.717, 1.165) is 21.3 Å². The van der Waals surface area contributed by atoms with E-state index in [0.29, 0.717) is 5.82 Å². The predicted molar refractivity (Wildman–Crippen MR) is 101 cm³/mol. The molecule has 4 aromatic rings. The van der Waals surface area contributed by atoms with Crippen LogP contribution in [0.4, 0.5) is 0 Å². The second kappa shape index (κ2) is 6.68. The number of aryl methyl sites for hydroxylation is 1. The second-order valence-electron chi connectivity index (χ2n) is 5.71. The minimum Gasteiger partial charge on any atom is -0.332 e. The molecule has 6 nitrogen and oxygen atoms in total. The van der Waals surface area contributed by atoms with E-state index in [4.69, 9.17) is 4.52 Å². The van der Waals surface area contributed by atoms with E-state index in [2.05, 4.69) is 31.2 Å². The van der Waals surface area contributed by atoms with Crippen molar-refractivity contribution >= 4 is 15.9 Å². The number of benzene rings is 2. The summed E-state index contributed by atoms with van der Waals surface area (Å²) in [6.45, 7) is 2.01. The van der Waals surface area contributed by atoms with Gasteiger partial charge in [0.1, 0.15) is 0 Å². The SMILES string of the molecule is Cc1ccc(-n2ccc(=O)c(-c3nc(-c4ccccc4Br)no3)n2)cc1. The molecule has 128 valence electrons. The molecule has 0 unspecified atom stereocenters. The zero-order valence-electron chi connectivity index (χ0n) is 13.8. The lowest BCUT2D eigenvalue weighted by Crippen LogP contribution is -2.12. The highest BCUT2D eigenvalue weighted by molar-refractivity contribution is 9.10. The number of nitrogens with zero attached hydrogens (tertiary/aromatic N) is 4. The van der Waals surface area contributed by atoms with Gasteiger partial charge >= 0.3 is 0 Å². The molecule has 2 heterocycles. The van der Waals surface area contributed by atoms with E-state index in [1.54, 1.807) is 10.9 Å². The van der Waals surface area contributed by atoms with Crippen molar-refractivity contribution in [3.63, 3.8) is 0 Å². The van der Waals surface area contributed by atoms with Gasteiger partial charge in [-0.25, -0.2) is 4.68 Å². The predicted octanol–water partition coefficient (Wildman–Crippen LogP) is 4.02. The van der Waals surface area contributed by atoms with Gasteiger partial charge < -0.3 is 4.52 Å². The molecule has 0 spiro atoms. The van der Waals surface area contributed by atoms with Gasteiger partial charge in [0, 0.05) is 22.3 Å². The fraction of sp³-hybridized carbons (Fsp3) is 0.0526. The van der Waals surface area contributed by atoms with Gasteiger partial charge in [0.2, 0.25) is 11.3 Å². The first-order valence-electron chi connectivity index (χ1n) is 7.88. The molecule has 26 heavy (non-hydrogen) atoms. The maximum atomic E-state index is 12.3. The van der Waals surface area contributed by atoms with Gasteiger partial charge in [0.15, 0.2) is 5.69 Å². The third-order valence-electron chi connectivity index (χ3n) is 3.85. The third kappa shape index (κ3) is 3.09. The Morgan fingerprint density at radius 3 is 2.58 bits per heavy atom. The number of aromatic nitrogens is 4. The molecule has 0 saturated carbocycles. The quantitative estimate of drug-likeness (QED) is 0.511. The van der Waals surface area contributed by atoms with E-state index in [9.17, 15) is 4.79 Å². The Labute approximate surface area is 157 Å². The van der Waals surface area contributed by atoms with Crippen LogP contribution in [-0.4, -0.2) is 19.9 Å². The molecular weight excluding hydrogens is 396 g/mol. The zero-order valence-corrected chi connectivity index (χ0v) is 15.3. The van der Waals surface area contributed by atoms with E-state index in [1.165, 1.54) is 6.07 Å². The summed E-state index contributed by atoms with van der Waals surface area (Å²) in [6.07, 6.45) is 1.61. The summed E-state index contributed by atoms with van der Waals surface area (Å²) in [5.41, 5.74) is 2.58. The lowest BCUT2D eigenvalue weighted by Gasteiger charge is -2.05. The lowest BCUT2D eigenvalue weighted by molar-refractivity contribution is 0.429. The first kappa shape index (κ1) is 16.4. The first-order valence-corrected chi connectivity index (χ1v) is 8.67. The summed E-state index contributed by atoms with van der Waals surface area (Å²) in [4.78, 5) is 16.6. The lowest BCUT2D eigenvalue weighted by atomic mass is 10.2. The van der Waals surface area contributed by atoms with Crippen LogP contribution in [0.5, 0.6) is 0 Å². The highest BCUT2D eigenvalue weighted by atomic mass is 79.9. The normalized spacial score (nSPS) is 10.8. The summed E-state index contributed by atoms with van der Waals surface area (Å²) in [5.74, 6) is 0.474. The van der Waals surface area contributed by atoms with E-state index >= 15 is 0 Å². The van der Waals surface area contributed by atoms with Crippen molar-refractivity contribution in [1.29, 1.82) is 0 Å². The van der Waals surface area contributed by atoms with Crippen molar-refractivity contribution in [3.05, 3.63) is 81.1 Å². The average Bonchev–Trinajstić information content (AvgIpc) is 3.13. The van der Waals surface area contributed by atoms with Gasteiger partial charge in [-0.2, -0.15) is 10.1 Å². The Bertz CT molecular complexity index is 1130. The van der Waals surface area contributed by atoms with Gasteiger partial charge in [0.05, 0.1) is 5.69 Å². The topological polar surface area (TPSA) is 73.8 Å². The van der Waals surface area contributed by atoms with Crippen LogP contribution < -0.4 is 5.43 Å². The third-order valence-corrected chi connectivity index (χ3v) is 4.54. The minimum absolute atomic E-state index is 0.0854. The maximum absolute atomic E-state index is 12.3. The van der Waals surface area contributed by atoms with Crippen LogP contribution >= 0.6 is 15.9 Å². The van der Waals surface area contributed by atoms with Crippen LogP contribution in [0.15, 0.2) is 74.6 Å². The van der Waals surface area contributed by atoms with Crippen LogP contribution in [0, 0.1) is 6.92 Å². The van der Waals surface area contributed by atoms with Gasteiger partial charge in [-0.3, -0.25) is 4.79 Å². The largest absolute Gasteiger partial charge is 0.332 e. The summed E-state index contributed by atoms with van der Waals surface area (Å²) >= 11 is 3.46. The summed E-state index contributed by atoms with van der Waals surface area (Å²) in [5, 5.41) is 8.34. The molecule has 0 fully saturated rings. The van der Waals surface area contributed by atoms with E-state index < -0.39 is 0 Å². The van der Waals surface area contributed by atoms with Crippen molar-refractivity contribution < 1.29 is 4.52 Å². The summed E-state index contributed by atoms with van der Waals surface area (Å²) < 4.78 is 7.74. The zero-order chi connectivity index (χ0) is 18.1. The number of rotatable bonds is 3. The average molecular weight is 409 g/mol.